The number of H-pyrrole nitrogens is 1. The van der Waals surface area contributed by atoms with Crippen LogP contribution in [0, 0.1) is 0 Å². The second-order valence-corrected chi connectivity index (χ2v) is 6.87. The van der Waals surface area contributed by atoms with Crippen LogP contribution in [0.25, 0.3) is 0 Å². The van der Waals surface area contributed by atoms with Gasteiger partial charge in [-0.05, 0) is 38.6 Å². The topological polar surface area (TPSA) is 117 Å². The van der Waals surface area contributed by atoms with Crippen molar-refractivity contribution in [2.24, 2.45) is 0 Å². The fourth-order valence-corrected chi connectivity index (χ4v) is 3.25. The predicted molar refractivity (Wildman–Crippen MR) is 91.4 cm³/mol. The Bertz CT molecular complexity index is 856. The van der Waals surface area contributed by atoms with Crippen LogP contribution in [0.5, 0.6) is 0 Å². The predicted octanol–water partition coefficient (Wildman–Crippen LogP) is 0.945. The molecule has 26 heavy (non-hydrogen) atoms. The van der Waals surface area contributed by atoms with Crippen LogP contribution in [0.1, 0.15) is 66.7 Å². The van der Waals surface area contributed by atoms with E-state index in [1.54, 1.807) is 0 Å². The highest BCUT2D eigenvalue weighted by atomic mass is 16.5. The smallest absolute Gasteiger partial charge is 0.292 e. The molecule has 1 aliphatic heterocycles. The lowest BCUT2D eigenvalue weighted by Crippen LogP contribution is -2.27. The van der Waals surface area contributed by atoms with E-state index in [0.717, 1.165) is 37.9 Å². The Labute approximate surface area is 150 Å². The van der Waals surface area contributed by atoms with Gasteiger partial charge in [-0.25, -0.2) is 4.98 Å². The number of amides is 1. The number of aromatic amines is 1. The maximum absolute atomic E-state index is 12.0. The molecule has 1 saturated heterocycles. The quantitative estimate of drug-likeness (QED) is 0.789. The number of rotatable bonds is 6. The molecule has 1 amide bonds. The van der Waals surface area contributed by atoms with E-state index in [1.165, 1.54) is 6.07 Å². The Morgan fingerprint density at radius 1 is 1.38 bits per heavy atom. The van der Waals surface area contributed by atoms with Gasteiger partial charge in [0.05, 0.1) is 12.6 Å². The highest BCUT2D eigenvalue weighted by Gasteiger charge is 2.33. The first-order valence-corrected chi connectivity index (χ1v) is 9.10. The van der Waals surface area contributed by atoms with Crippen molar-refractivity contribution < 1.29 is 9.32 Å². The van der Waals surface area contributed by atoms with Crippen LogP contribution in [0.4, 0.5) is 0 Å². The van der Waals surface area contributed by atoms with Crippen molar-refractivity contribution in [3.63, 3.8) is 0 Å². The number of aryl methyl sites for hydroxylation is 1. The van der Waals surface area contributed by atoms with E-state index in [4.69, 9.17) is 4.52 Å². The molecule has 1 aliphatic carbocycles. The molecule has 0 spiro atoms. The van der Waals surface area contributed by atoms with Gasteiger partial charge in [-0.1, -0.05) is 12.1 Å². The zero-order valence-corrected chi connectivity index (χ0v) is 14.7. The van der Waals surface area contributed by atoms with Gasteiger partial charge in [-0.15, -0.1) is 0 Å². The van der Waals surface area contributed by atoms with Gasteiger partial charge in [-0.2, -0.15) is 4.98 Å². The van der Waals surface area contributed by atoms with E-state index >= 15 is 0 Å². The van der Waals surface area contributed by atoms with Crippen LogP contribution in [-0.4, -0.2) is 43.5 Å². The van der Waals surface area contributed by atoms with Gasteiger partial charge in [0.2, 0.25) is 5.89 Å². The van der Waals surface area contributed by atoms with E-state index in [1.807, 2.05) is 6.92 Å². The molecule has 9 heteroatoms. The number of nitrogens with one attached hydrogen (secondary N) is 2. The maximum atomic E-state index is 12.0. The Hall–Kier alpha value is -2.55. The van der Waals surface area contributed by atoms with E-state index in [-0.39, 0.29) is 29.4 Å². The molecule has 2 aromatic rings. The fourth-order valence-electron chi connectivity index (χ4n) is 3.25. The summed E-state index contributed by atoms with van der Waals surface area (Å²) in [6.07, 6.45) is 4.57. The van der Waals surface area contributed by atoms with Gasteiger partial charge in [0, 0.05) is 17.8 Å². The van der Waals surface area contributed by atoms with Crippen LogP contribution in [0.3, 0.4) is 0 Å². The second-order valence-electron chi connectivity index (χ2n) is 6.87. The molecule has 2 N–H and O–H groups in total. The van der Waals surface area contributed by atoms with Gasteiger partial charge in [0.1, 0.15) is 5.82 Å². The average Bonchev–Trinajstić information content (AvgIpc) is 3.10. The molecule has 1 saturated carbocycles. The third-order valence-corrected chi connectivity index (χ3v) is 4.76. The third-order valence-electron chi connectivity index (χ3n) is 4.76. The summed E-state index contributed by atoms with van der Waals surface area (Å²) in [5, 5.41) is 6.68. The van der Waals surface area contributed by atoms with Crippen LogP contribution in [-0.2, 0) is 13.0 Å². The number of hydrogen-bond acceptors (Lipinski definition) is 7. The van der Waals surface area contributed by atoms with Crippen molar-refractivity contribution in [2.75, 3.05) is 6.54 Å². The van der Waals surface area contributed by atoms with E-state index in [9.17, 15) is 9.59 Å². The first-order valence-electron chi connectivity index (χ1n) is 9.10. The number of hydrogen-bond donors (Lipinski definition) is 2. The molecular weight excluding hydrogens is 336 g/mol. The summed E-state index contributed by atoms with van der Waals surface area (Å²) in [7, 11) is 0. The van der Waals surface area contributed by atoms with E-state index < -0.39 is 0 Å². The molecule has 3 heterocycles. The molecule has 9 nitrogen and oxygen atoms in total. The number of carbonyl (C=O) groups is 1. The lowest BCUT2D eigenvalue weighted by Gasteiger charge is -2.20. The number of nitrogens with zero attached hydrogens (tertiary/aromatic N) is 4. The molecule has 4 rings (SSSR count). The molecule has 138 valence electrons. The zero-order chi connectivity index (χ0) is 18.1. The molecule has 1 atom stereocenters. The van der Waals surface area contributed by atoms with Crippen molar-refractivity contribution in [3.05, 3.63) is 39.7 Å². The van der Waals surface area contributed by atoms with Gasteiger partial charge >= 0.3 is 0 Å². The normalized spacial score (nSPS) is 20.4. The molecule has 2 aromatic heterocycles. The van der Waals surface area contributed by atoms with Crippen molar-refractivity contribution >= 4 is 5.91 Å². The maximum Gasteiger partial charge on any atom is 0.292 e. The van der Waals surface area contributed by atoms with Crippen molar-refractivity contribution in [2.45, 2.75) is 57.7 Å². The highest BCUT2D eigenvalue weighted by molar-refractivity contribution is 5.90. The number of carbonyl (C=O) groups excluding carboxylic acids is 1. The lowest BCUT2D eigenvalue weighted by atomic mass is 10.2. The highest BCUT2D eigenvalue weighted by Crippen LogP contribution is 2.31. The molecule has 2 fully saturated rings. The first-order chi connectivity index (χ1) is 12.6. The minimum atomic E-state index is -0.284. The summed E-state index contributed by atoms with van der Waals surface area (Å²) in [5.74, 6) is 0.872. The lowest BCUT2D eigenvalue weighted by molar-refractivity contribution is 0.0937. The SMILES string of the molecule is CCc1cc(=O)[nH]c(CN2CCC[C@@H]2c2nc(C(=O)NC3CC3)no2)n1. The molecule has 2 aliphatic rings. The minimum absolute atomic E-state index is 0.0689. The van der Waals surface area contributed by atoms with Gasteiger partial charge in [0.15, 0.2) is 0 Å². The molecule has 0 bridgehead atoms. The number of aromatic nitrogens is 4. The second kappa shape index (κ2) is 6.99. The summed E-state index contributed by atoms with van der Waals surface area (Å²) in [5.41, 5.74) is 0.635. The Kier molecular flexibility index (Phi) is 4.54. The van der Waals surface area contributed by atoms with Crippen LogP contribution in [0.2, 0.25) is 0 Å². The summed E-state index contributed by atoms with van der Waals surface area (Å²) in [4.78, 5) is 37.5. The zero-order valence-electron chi connectivity index (χ0n) is 14.7. The first kappa shape index (κ1) is 16.9. The standard InChI is InChI=1S/C17H22N6O3/c1-2-10-8-14(24)20-13(18-10)9-23-7-3-4-12(23)17-21-15(22-26-17)16(25)19-11-5-6-11/h8,11-12H,2-7,9H2,1H3,(H,19,25)(H,18,20,24)/t12-/m1/s1. The summed E-state index contributed by atoms with van der Waals surface area (Å²) in [6, 6.07) is 1.70. The third kappa shape index (κ3) is 3.67. The van der Waals surface area contributed by atoms with Gasteiger partial charge < -0.3 is 14.8 Å². The van der Waals surface area contributed by atoms with Crippen molar-refractivity contribution in [1.82, 2.24) is 30.3 Å². The Morgan fingerprint density at radius 2 is 2.23 bits per heavy atom. The monoisotopic (exact) mass is 358 g/mol. The minimum Gasteiger partial charge on any atom is -0.346 e. The molecular formula is C17H22N6O3. The van der Waals surface area contributed by atoms with Crippen molar-refractivity contribution in [3.8, 4) is 0 Å². The number of likely N-dealkylation sites (tertiary alicyclic amines) is 1. The van der Waals surface area contributed by atoms with Crippen LogP contribution >= 0.6 is 0 Å². The van der Waals surface area contributed by atoms with Gasteiger partial charge in [0.25, 0.3) is 17.3 Å². The van der Waals surface area contributed by atoms with E-state index in [0.29, 0.717) is 24.7 Å². The Morgan fingerprint density at radius 3 is 3.00 bits per heavy atom. The molecule has 0 unspecified atom stereocenters. The molecule has 0 aromatic carbocycles. The van der Waals surface area contributed by atoms with Crippen LogP contribution in [0.15, 0.2) is 15.4 Å². The largest absolute Gasteiger partial charge is 0.346 e. The average molecular weight is 358 g/mol. The van der Waals surface area contributed by atoms with Crippen LogP contribution < -0.4 is 10.9 Å². The van der Waals surface area contributed by atoms with Crippen molar-refractivity contribution in [1.29, 1.82) is 0 Å². The fraction of sp³-hybridized carbons (Fsp3) is 0.588. The summed E-state index contributed by atoms with van der Waals surface area (Å²) < 4.78 is 5.35. The summed E-state index contributed by atoms with van der Waals surface area (Å²) in [6.45, 7) is 3.31. The van der Waals surface area contributed by atoms with Gasteiger partial charge in [-0.3, -0.25) is 14.5 Å². The summed E-state index contributed by atoms with van der Waals surface area (Å²) >= 11 is 0. The van der Waals surface area contributed by atoms with E-state index in [2.05, 4.69) is 30.3 Å². The molecule has 0 radical (unpaired) electrons. The Balaban J connectivity index is 1.48.